The van der Waals surface area contributed by atoms with E-state index in [9.17, 15) is 0 Å². The number of benzene rings is 2. The summed E-state index contributed by atoms with van der Waals surface area (Å²) in [5, 5.41) is 6.69. The van der Waals surface area contributed by atoms with E-state index in [1.54, 1.807) is 6.20 Å². The molecule has 0 bridgehead atoms. The van der Waals surface area contributed by atoms with E-state index in [-0.39, 0.29) is 0 Å². The monoisotopic (exact) mass is 388 g/mol. The van der Waals surface area contributed by atoms with Crippen LogP contribution in [-0.4, -0.2) is 17.5 Å². The van der Waals surface area contributed by atoms with Gasteiger partial charge in [-0.05, 0) is 49.2 Å². The van der Waals surface area contributed by atoms with Crippen LogP contribution in [0.1, 0.15) is 29.3 Å². The zero-order chi connectivity index (χ0) is 20.3. The summed E-state index contributed by atoms with van der Waals surface area (Å²) >= 11 is 0. The standard InChI is InChI=1S/C24H28N4O/c1-3-25-24(27-16-20-9-6-8-19(2)14-20)28-17-21-10-7-12-23(15-21)29-18-22-11-4-5-13-26-22/h4-15H,3,16-18H2,1-2H3,(H2,25,27,28). The van der Waals surface area contributed by atoms with Crippen molar-refractivity contribution in [2.75, 3.05) is 6.54 Å². The molecule has 0 unspecified atom stereocenters. The molecule has 0 aliphatic carbocycles. The van der Waals surface area contributed by atoms with E-state index in [0.717, 1.165) is 29.5 Å². The van der Waals surface area contributed by atoms with Crippen molar-refractivity contribution < 1.29 is 4.74 Å². The van der Waals surface area contributed by atoms with Gasteiger partial charge in [-0.3, -0.25) is 4.98 Å². The van der Waals surface area contributed by atoms with Crippen LogP contribution in [0.15, 0.2) is 77.9 Å². The lowest BCUT2D eigenvalue weighted by molar-refractivity contribution is 0.301. The Balaban J connectivity index is 1.57. The number of rotatable bonds is 8. The first-order chi connectivity index (χ1) is 14.2. The minimum atomic E-state index is 0.457. The Morgan fingerprint density at radius 2 is 1.83 bits per heavy atom. The van der Waals surface area contributed by atoms with E-state index < -0.39 is 0 Å². The average molecular weight is 389 g/mol. The molecule has 0 spiro atoms. The minimum Gasteiger partial charge on any atom is -0.487 e. The molecule has 1 heterocycles. The Hall–Kier alpha value is -3.34. The van der Waals surface area contributed by atoms with Gasteiger partial charge >= 0.3 is 0 Å². The van der Waals surface area contributed by atoms with Gasteiger partial charge in [0.2, 0.25) is 0 Å². The molecular weight excluding hydrogens is 360 g/mol. The van der Waals surface area contributed by atoms with Crippen molar-refractivity contribution in [3.05, 3.63) is 95.3 Å². The molecule has 3 aromatic rings. The highest BCUT2D eigenvalue weighted by atomic mass is 16.5. The van der Waals surface area contributed by atoms with Gasteiger partial charge in [0, 0.05) is 19.3 Å². The molecule has 0 fully saturated rings. The first-order valence-electron chi connectivity index (χ1n) is 9.92. The Kier molecular flexibility index (Phi) is 7.63. The summed E-state index contributed by atoms with van der Waals surface area (Å²) in [7, 11) is 0. The molecule has 0 radical (unpaired) electrons. The summed E-state index contributed by atoms with van der Waals surface area (Å²) in [5.74, 6) is 1.63. The fourth-order valence-electron chi connectivity index (χ4n) is 2.89. The van der Waals surface area contributed by atoms with Crippen LogP contribution in [0.2, 0.25) is 0 Å². The Bertz CT molecular complexity index is 925. The second kappa shape index (κ2) is 10.9. The highest BCUT2D eigenvalue weighted by molar-refractivity contribution is 5.79. The van der Waals surface area contributed by atoms with E-state index in [0.29, 0.717) is 19.7 Å². The number of nitrogens with zero attached hydrogens (tertiary/aromatic N) is 2. The molecule has 5 nitrogen and oxygen atoms in total. The molecule has 0 aliphatic rings. The van der Waals surface area contributed by atoms with Crippen LogP contribution < -0.4 is 15.4 Å². The predicted octanol–water partition coefficient (Wildman–Crippen LogP) is 4.22. The van der Waals surface area contributed by atoms with Gasteiger partial charge in [-0.25, -0.2) is 4.99 Å². The lowest BCUT2D eigenvalue weighted by Gasteiger charge is -2.12. The molecule has 29 heavy (non-hydrogen) atoms. The summed E-state index contributed by atoms with van der Waals surface area (Å²) in [4.78, 5) is 8.98. The quantitative estimate of drug-likeness (QED) is 0.448. The van der Waals surface area contributed by atoms with Gasteiger partial charge < -0.3 is 15.4 Å². The molecule has 5 heteroatoms. The smallest absolute Gasteiger partial charge is 0.191 e. The molecular formula is C24H28N4O. The van der Waals surface area contributed by atoms with Gasteiger partial charge in [-0.15, -0.1) is 0 Å². The Morgan fingerprint density at radius 1 is 0.966 bits per heavy atom. The summed E-state index contributed by atoms with van der Waals surface area (Å²) < 4.78 is 5.87. The number of pyridine rings is 1. The zero-order valence-corrected chi connectivity index (χ0v) is 17.1. The van der Waals surface area contributed by atoms with E-state index in [1.165, 1.54) is 11.1 Å². The van der Waals surface area contributed by atoms with Gasteiger partial charge in [0.05, 0.1) is 12.2 Å². The average Bonchev–Trinajstić information content (AvgIpc) is 2.75. The van der Waals surface area contributed by atoms with Crippen molar-refractivity contribution in [2.24, 2.45) is 4.99 Å². The van der Waals surface area contributed by atoms with Crippen LogP contribution in [0.3, 0.4) is 0 Å². The van der Waals surface area contributed by atoms with Gasteiger partial charge in [0.25, 0.3) is 0 Å². The second-order valence-corrected chi connectivity index (χ2v) is 6.79. The molecule has 0 amide bonds. The van der Waals surface area contributed by atoms with E-state index >= 15 is 0 Å². The number of aryl methyl sites for hydroxylation is 1. The van der Waals surface area contributed by atoms with E-state index in [4.69, 9.17) is 9.73 Å². The molecule has 0 atom stereocenters. The number of nitrogens with one attached hydrogen (secondary N) is 2. The van der Waals surface area contributed by atoms with Crippen molar-refractivity contribution in [1.29, 1.82) is 0 Å². The highest BCUT2D eigenvalue weighted by Gasteiger charge is 2.02. The van der Waals surface area contributed by atoms with E-state index in [2.05, 4.69) is 59.8 Å². The van der Waals surface area contributed by atoms with Crippen LogP contribution in [0, 0.1) is 6.92 Å². The van der Waals surface area contributed by atoms with Crippen LogP contribution in [0.4, 0.5) is 0 Å². The number of hydrogen-bond acceptors (Lipinski definition) is 3. The fraction of sp³-hybridized carbons (Fsp3) is 0.250. The second-order valence-electron chi connectivity index (χ2n) is 6.79. The van der Waals surface area contributed by atoms with Crippen LogP contribution in [0.25, 0.3) is 0 Å². The maximum absolute atomic E-state index is 5.87. The largest absolute Gasteiger partial charge is 0.487 e. The summed E-state index contributed by atoms with van der Waals surface area (Å²) in [6.07, 6.45) is 1.78. The van der Waals surface area contributed by atoms with Gasteiger partial charge in [0.1, 0.15) is 12.4 Å². The predicted molar refractivity (Wildman–Crippen MR) is 118 cm³/mol. The van der Waals surface area contributed by atoms with Crippen LogP contribution in [-0.2, 0) is 19.7 Å². The summed E-state index contributed by atoms with van der Waals surface area (Å²) in [5.41, 5.74) is 4.49. The number of aliphatic imine (C=N–C) groups is 1. The molecule has 2 aromatic carbocycles. The number of hydrogen-bond donors (Lipinski definition) is 2. The molecule has 0 saturated carbocycles. The van der Waals surface area contributed by atoms with Crippen LogP contribution >= 0.6 is 0 Å². The molecule has 0 saturated heterocycles. The fourth-order valence-corrected chi connectivity index (χ4v) is 2.89. The normalized spacial score (nSPS) is 11.2. The molecule has 0 aliphatic heterocycles. The van der Waals surface area contributed by atoms with Crippen molar-refractivity contribution in [2.45, 2.75) is 33.5 Å². The Morgan fingerprint density at radius 3 is 2.62 bits per heavy atom. The lowest BCUT2D eigenvalue weighted by atomic mass is 10.1. The maximum atomic E-state index is 5.87. The summed E-state index contributed by atoms with van der Waals surface area (Å²) in [6.45, 7) is 6.74. The minimum absolute atomic E-state index is 0.457. The highest BCUT2D eigenvalue weighted by Crippen LogP contribution is 2.14. The topological polar surface area (TPSA) is 58.5 Å². The summed E-state index contributed by atoms with van der Waals surface area (Å²) in [6, 6.07) is 22.3. The van der Waals surface area contributed by atoms with Crippen molar-refractivity contribution in [3.8, 4) is 5.75 Å². The number of ether oxygens (including phenoxy) is 1. The molecule has 1 aromatic heterocycles. The Labute approximate surface area is 172 Å². The first kappa shape index (κ1) is 20.4. The lowest BCUT2D eigenvalue weighted by Crippen LogP contribution is -2.36. The third-order valence-corrected chi connectivity index (χ3v) is 4.32. The third kappa shape index (κ3) is 6.96. The number of guanidine groups is 1. The first-order valence-corrected chi connectivity index (χ1v) is 9.92. The van der Waals surface area contributed by atoms with Crippen molar-refractivity contribution in [1.82, 2.24) is 15.6 Å². The molecule has 2 N–H and O–H groups in total. The van der Waals surface area contributed by atoms with Gasteiger partial charge in [-0.2, -0.15) is 0 Å². The van der Waals surface area contributed by atoms with Gasteiger partial charge in [0.15, 0.2) is 5.96 Å². The SMILES string of the molecule is CCNC(=NCc1cccc(C)c1)NCc1cccc(OCc2ccccn2)c1. The van der Waals surface area contributed by atoms with E-state index in [1.807, 2.05) is 36.4 Å². The van der Waals surface area contributed by atoms with Crippen LogP contribution in [0.5, 0.6) is 5.75 Å². The molecule has 3 rings (SSSR count). The molecule has 150 valence electrons. The zero-order valence-electron chi connectivity index (χ0n) is 17.1. The maximum Gasteiger partial charge on any atom is 0.191 e. The third-order valence-electron chi connectivity index (χ3n) is 4.32. The number of aromatic nitrogens is 1. The van der Waals surface area contributed by atoms with Crippen molar-refractivity contribution >= 4 is 5.96 Å². The van der Waals surface area contributed by atoms with Crippen molar-refractivity contribution in [3.63, 3.8) is 0 Å². The van der Waals surface area contributed by atoms with Gasteiger partial charge in [-0.1, -0.05) is 48.0 Å².